The molecule has 0 bridgehead atoms. The van der Waals surface area contributed by atoms with Crippen LogP contribution in [0.25, 0.3) is 17.2 Å². The summed E-state index contributed by atoms with van der Waals surface area (Å²) in [5.41, 5.74) is 1.11. The summed E-state index contributed by atoms with van der Waals surface area (Å²) in [4.78, 5) is 37.6. The zero-order valence-corrected chi connectivity index (χ0v) is 18.4. The molecule has 0 aliphatic carbocycles. The van der Waals surface area contributed by atoms with Gasteiger partial charge in [0.25, 0.3) is 0 Å². The Kier molecular flexibility index (Phi) is 4.09. The standard InChI is InChI=1S/C23H16F4N8O/c24-11-3-4-14(29-8-11)23-15-10-35(15)20-16(23)18(33-21(23)36)31-17(32-20)13-9-34-7-6-28-19(34)12(30-13)2-1-5-22(25,26)27/h3-4,6-9,15H,1-2,5,10H2,(H,31,32,33,36). The first kappa shape index (κ1) is 21.1. The lowest BCUT2D eigenvalue weighted by Crippen LogP contribution is -2.41. The number of aryl methyl sites for hydroxylation is 1. The summed E-state index contributed by atoms with van der Waals surface area (Å²) in [7, 11) is 0. The van der Waals surface area contributed by atoms with E-state index in [0.717, 1.165) is 6.20 Å². The van der Waals surface area contributed by atoms with Crippen LogP contribution in [0, 0.1) is 5.82 Å². The number of imidazole rings is 1. The van der Waals surface area contributed by atoms with Crippen molar-refractivity contribution in [2.24, 2.45) is 0 Å². The Labute approximate surface area is 200 Å². The number of halogens is 4. The molecule has 2 atom stereocenters. The normalized spacial score (nSPS) is 21.6. The highest BCUT2D eigenvalue weighted by Crippen LogP contribution is 2.60. The maximum atomic E-state index is 13.5. The molecule has 4 aromatic rings. The van der Waals surface area contributed by atoms with Crippen LogP contribution in [-0.2, 0) is 16.6 Å². The molecule has 182 valence electrons. The van der Waals surface area contributed by atoms with E-state index in [9.17, 15) is 22.4 Å². The molecule has 1 saturated heterocycles. The quantitative estimate of drug-likeness (QED) is 0.335. The Morgan fingerprint density at radius 2 is 2.03 bits per heavy atom. The Morgan fingerprint density at radius 3 is 2.81 bits per heavy atom. The van der Waals surface area contributed by atoms with E-state index in [2.05, 4.69) is 25.3 Å². The lowest BCUT2D eigenvalue weighted by atomic mass is 9.77. The molecule has 1 N–H and O–H groups in total. The molecule has 9 nitrogen and oxygen atoms in total. The van der Waals surface area contributed by atoms with Crippen LogP contribution in [0.4, 0.5) is 29.2 Å². The average Bonchev–Trinajstić information content (AvgIpc) is 3.23. The molecule has 7 rings (SSSR count). The monoisotopic (exact) mass is 496 g/mol. The average molecular weight is 496 g/mol. The minimum absolute atomic E-state index is 0.0793. The van der Waals surface area contributed by atoms with Crippen molar-refractivity contribution in [2.75, 3.05) is 16.8 Å². The molecule has 0 aromatic carbocycles. The maximum Gasteiger partial charge on any atom is 0.389 e. The van der Waals surface area contributed by atoms with Gasteiger partial charge < -0.3 is 14.6 Å². The fourth-order valence-electron chi connectivity index (χ4n) is 5.36. The predicted molar refractivity (Wildman–Crippen MR) is 118 cm³/mol. The number of rotatable bonds is 5. The lowest BCUT2D eigenvalue weighted by molar-refractivity contribution is -0.135. The summed E-state index contributed by atoms with van der Waals surface area (Å²) < 4.78 is 53.3. The summed E-state index contributed by atoms with van der Waals surface area (Å²) in [5, 5.41) is 2.84. The van der Waals surface area contributed by atoms with Crippen LogP contribution in [0.1, 0.15) is 29.8 Å². The largest absolute Gasteiger partial charge is 0.389 e. The second-order valence-electron chi connectivity index (χ2n) is 9.09. The Hall–Kier alpha value is -4.16. The van der Waals surface area contributed by atoms with Crippen LogP contribution in [0.5, 0.6) is 0 Å². The van der Waals surface area contributed by atoms with Gasteiger partial charge in [0.15, 0.2) is 11.5 Å². The van der Waals surface area contributed by atoms with Gasteiger partial charge in [0, 0.05) is 31.6 Å². The second kappa shape index (κ2) is 6.95. The molecule has 36 heavy (non-hydrogen) atoms. The highest BCUT2D eigenvalue weighted by Gasteiger charge is 2.70. The molecule has 1 fully saturated rings. The first-order valence-corrected chi connectivity index (χ1v) is 11.3. The molecular formula is C23H16F4N8O. The van der Waals surface area contributed by atoms with Crippen molar-refractivity contribution in [3.05, 3.63) is 59.7 Å². The lowest BCUT2D eigenvalue weighted by Gasteiger charge is -2.22. The number of amides is 1. The van der Waals surface area contributed by atoms with Gasteiger partial charge in [-0.2, -0.15) is 13.2 Å². The van der Waals surface area contributed by atoms with E-state index in [-0.39, 0.29) is 30.6 Å². The van der Waals surface area contributed by atoms with E-state index in [1.807, 2.05) is 4.90 Å². The van der Waals surface area contributed by atoms with E-state index < -0.39 is 23.8 Å². The third-order valence-electron chi connectivity index (χ3n) is 6.94. The third-order valence-corrected chi connectivity index (χ3v) is 6.94. The van der Waals surface area contributed by atoms with Gasteiger partial charge >= 0.3 is 6.18 Å². The highest BCUT2D eigenvalue weighted by molar-refractivity contribution is 6.13. The molecule has 13 heteroatoms. The van der Waals surface area contributed by atoms with E-state index in [4.69, 9.17) is 4.98 Å². The van der Waals surface area contributed by atoms with Crippen molar-refractivity contribution >= 4 is 23.2 Å². The van der Waals surface area contributed by atoms with Crippen LogP contribution < -0.4 is 10.2 Å². The Morgan fingerprint density at radius 1 is 1.17 bits per heavy atom. The van der Waals surface area contributed by atoms with Gasteiger partial charge in [-0.05, 0) is 25.0 Å². The molecular weight excluding hydrogens is 480 g/mol. The predicted octanol–water partition coefficient (Wildman–Crippen LogP) is 3.05. The van der Waals surface area contributed by atoms with Gasteiger partial charge in [-0.15, -0.1) is 0 Å². The number of carbonyl (C=O) groups is 1. The van der Waals surface area contributed by atoms with Crippen molar-refractivity contribution < 1.29 is 22.4 Å². The zero-order valence-electron chi connectivity index (χ0n) is 18.4. The van der Waals surface area contributed by atoms with Crippen molar-refractivity contribution in [1.29, 1.82) is 0 Å². The highest BCUT2D eigenvalue weighted by atomic mass is 19.4. The minimum atomic E-state index is -4.25. The smallest absolute Gasteiger partial charge is 0.347 e. The van der Waals surface area contributed by atoms with Gasteiger partial charge in [-0.3, -0.25) is 9.78 Å². The van der Waals surface area contributed by atoms with Gasteiger partial charge in [-0.1, -0.05) is 0 Å². The number of aromatic nitrogens is 6. The molecule has 0 spiro atoms. The molecule has 0 saturated carbocycles. The summed E-state index contributed by atoms with van der Waals surface area (Å²) in [5.74, 6) is 0.311. The number of carbonyl (C=O) groups excluding carboxylic acids is 1. The van der Waals surface area contributed by atoms with Crippen molar-refractivity contribution in [3.8, 4) is 11.5 Å². The van der Waals surface area contributed by atoms with Crippen molar-refractivity contribution in [1.82, 2.24) is 29.3 Å². The summed E-state index contributed by atoms with van der Waals surface area (Å²) in [6.45, 7) is 0.575. The first-order valence-electron chi connectivity index (χ1n) is 11.3. The summed E-state index contributed by atoms with van der Waals surface area (Å²) >= 11 is 0. The number of hydrogen-bond donors (Lipinski definition) is 1. The van der Waals surface area contributed by atoms with Gasteiger partial charge in [0.2, 0.25) is 5.91 Å². The summed E-state index contributed by atoms with van der Waals surface area (Å²) in [6, 6.07) is 2.57. The van der Waals surface area contributed by atoms with Crippen LogP contribution >= 0.6 is 0 Å². The number of anilines is 2. The van der Waals surface area contributed by atoms with Crippen molar-refractivity contribution in [3.63, 3.8) is 0 Å². The van der Waals surface area contributed by atoms with E-state index >= 15 is 0 Å². The first-order chi connectivity index (χ1) is 17.3. The Bertz CT molecular complexity index is 1570. The molecule has 7 heterocycles. The molecule has 3 aliphatic rings. The fourth-order valence-corrected chi connectivity index (χ4v) is 5.36. The molecule has 3 aliphatic heterocycles. The number of alkyl halides is 3. The molecule has 2 unspecified atom stereocenters. The number of pyridine rings is 1. The SMILES string of the molecule is O=C1Nc2nc(-c3cn4ccnc4c(CCCC(F)(F)F)n3)nc3c2C1(c1ccc(F)cn1)C1CN31. The zero-order chi connectivity index (χ0) is 24.8. The third kappa shape index (κ3) is 2.88. The van der Waals surface area contributed by atoms with E-state index in [1.54, 1.807) is 23.0 Å². The number of hydrogen-bond acceptors (Lipinski definition) is 7. The summed E-state index contributed by atoms with van der Waals surface area (Å²) in [6.07, 6.45) is 0.732. The molecule has 1 amide bonds. The number of fused-ring (bicyclic) bond motifs is 4. The maximum absolute atomic E-state index is 13.5. The van der Waals surface area contributed by atoms with Gasteiger partial charge in [0.05, 0.1) is 29.2 Å². The van der Waals surface area contributed by atoms with Crippen LogP contribution in [0.2, 0.25) is 0 Å². The van der Waals surface area contributed by atoms with Crippen LogP contribution in [0.3, 0.4) is 0 Å². The molecule has 4 aromatic heterocycles. The minimum Gasteiger partial charge on any atom is -0.347 e. The number of nitrogens with one attached hydrogen (secondary N) is 1. The number of nitrogens with zero attached hydrogens (tertiary/aromatic N) is 7. The Balaban J connectivity index is 1.33. The second-order valence-corrected chi connectivity index (χ2v) is 9.09. The fraction of sp³-hybridized carbons (Fsp3) is 0.304. The van der Waals surface area contributed by atoms with Crippen LogP contribution in [0.15, 0.2) is 36.9 Å². The molecule has 0 radical (unpaired) electrons. The van der Waals surface area contributed by atoms with Gasteiger partial charge in [-0.25, -0.2) is 24.3 Å². The van der Waals surface area contributed by atoms with Crippen LogP contribution in [-0.4, -0.2) is 54.0 Å². The van der Waals surface area contributed by atoms with E-state index in [1.165, 1.54) is 12.1 Å². The van der Waals surface area contributed by atoms with Crippen molar-refractivity contribution in [2.45, 2.75) is 36.9 Å². The van der Waals surface area contributed by atoms with E-state index in [0.29, 0.717) is 46.5 Å². The van der Waals surface area contributed by atoms with Gasteiger partial charge in [0.1, 0.15) is 28.6 Å². The topological polar surface area (TPSA) is 101 Å².